The third kappa shape index (κ3) is 6.86. The lowest BCUT2D eigenvalue weighted by Crippen LogP contribution is -2.33. The summed E-state index contributed by atoms with van der Waals surface area (Å²) in [5.41, 5.74) is 2.05. The highest BCUT2D eigenvalue weighted by Crippen LogP contribution is 2.22. The van der Waals surface area contributed by atoms with E-state index in [1.54, 1.807) is 0 Å². The zero-order chi connectivity index (χ0) is 17.6. The summed E-state index contributed by atoms with van der Waals surface area (Å²) >= 11 is 1.87. The maximum absolute atomic E-state index is 12.2. The summed E-state index contributed by atoms with van der Waals surface area (Å²) in [4.78, 5) is 14.7. The molecule has 1 aromatic rings. The summed E-state index contributed by atoms with van der Waals surface area (Å²) in [5.74, 6) is 1.78. The molecule has 0 radical (unpaired) electrons. The average molecular weight is 349 g/mol. The predicted octanol–water partition coefficient (Wildman–Crippen LogP) is 4.18. The number of carbonyl (C=O) groups excluding carboxylic acids is 1. The molecule has 1 atom stereocenters. The molecule has 1 aromatic carbocycles. The van der Waals surface area contributed by atoms with Crippen LogP contribution in [0, 0.1) is 5.92 Å². The number of nitrogens with one attached hydrogen (secondary N) is 1. The van der Waals surface area contributed by atoms with Crippen molar-refractivity contribution in [1.29, 1.82) is 0 Å². The molecule has 1 heterocycles. The third-order valence-electron chi connectivity index (χ3n) is 4.29. The smallest absolute Gasteiger partial charge is 0.251 e. The van der Waals surface area contributed by atoms with Gasteiger partial charge in [0.2, 0.25) is 0 Å². The van der Waals surface area contributed by atoms with Gasteiger partial charge in [0, 0.05) is 35.7 Å². The summed E-state index contributed by atoms with van der Waals surface area (Å²) < 4.78 is 0.248. The van der Waals surface area contributed by atoms with Crippen molar-refractivity contribution >= 4 is 17.7 Å². The Hall–Kier alpha value is -1.00. The molecule has 1 unspecified atom stereocenters. The normalized spacial score (nSPS) is 19.2. The van der Waals surface area contributed by atoms with E-state index in [2.05, 4.69) is 50.0 Å². The molecule has 0 spiro atoms. The van der Waals surface area contributed by atoms with Crippen molar-refractivity contribution < 1.29 is 4.79 Å². The number of thioether (sulfide) groups is 1. The molecular formula is C20H32N2OS. The second-order valence-electron chi connectivity index (χ2n) is 7.90. The first-order chi connectivity index (χ1) is 11.3. The molecule has 1 saturated heterocycles. The Morgan fingerprint density at radius 3 is 2.62 bits per heavy atom. The van der Waals surface area contributed by atoms with Crippen LogP contribution in [-0.4, -0.2) is 40.9 Å². The van der Waals surface area contributed by atoms with Gasteiger partial charge in [0.25, 0.3) is 5.91 Å². The molecule has 2 rings (SSSR count). The molecule has 1 aliphatic rings. The third-order valence-corrected chi connectivity index (χ3v) is 5.56. The van der Waals surface area contributed by atoms with Gasteiger partial charge in [-0.2, -0.15) is 11.8 Å². The minimum Gasteiger partial charge on any atom is -0.351 e. The number of carbonyl (C=O) groups is 1. The Kier molecular flexibility index (Phi) is 7.17. The van der Waals surface area contributed by atoms with Crippen LogP contribution in [0.3, 0.4) is 0 Å². The molecule has 0 saturated carbocycles. The van der Waals surface area contributed by atoms with Gasteiger partial charge >= 0.3 is 0 Å². The van der Waals surface area contributed by atoms with Crippen LogP contribution in [0.15, 0.2) is 24.3 Å². The van der Waals surface area contributed by atoms with Gasteiger partial charge in [0.1, 0.15) is 0 Å². The Morgan fingerprint density at radius 1 is 1.29 bits per heavy atom. The Labute approximate surface area is 151 Å². The minimum absolute atomic E-state index is 0.0302. The Bertz CT molecular complexity index is 521. The van der Waals surface area contributed by atoms with Crippen molar-refractivity contribution in [2.75, 3.05) is 25.4 Å². The fraction of sp³-hybridized carbons (Fsp3) is 0.650. The van der Waals surface area contributed by atoms with Gasteiger partial charge < -0.3 is 5.32 Å². The molecular weight excluding hydrogens is 316 g/mol. The van der Waals surface area contributed by atoms with Crippen molar-refractivity contribution in [2.45, 2.75) is 51.8 Å². The van der Waals surface area contributed by atoms with Crippen molar-refractivity contribution in [3.63, 3.8) is 0 Å². The predicted molar refractivity (Wildman–Crippen MR) is 105 cm³/mol. The summed E-state index contributed by atoms with van der Waals surface area (Å²) in [6.07, 6.45) is 2.65. The topological polar surface area (TPSA) is 32.3 Å². The zero-order valence-electron chi connectivity index (χ0n) is 15.6. The summed E-state index contributed by atoms with van der Waals surface area (Å²) in [7, 11) is 0. The molecule has 0 bridgehead atoms. The molecule has 1 fully saturated rings. The second kappa shape index (κ2) is 8.91. The molecule has 1 N–H and O–H groups in total. The second-order valence-corrected chi connectivity index (χ2v) is 9.82. The van der Waals surface area contributed by atoms with Crippen LogP contribution in [0.5, 0.6) is 0 Å². The van der Waals surface area contributed by atoms with E-state index in [4.69, 9.17) is 0 Å². The lowest BCUT2D eigenvalue weighted by atomic mass is 9.99. The molecule has 0 aromatic heterocycles. The van der Waals surface area contributed by atoms with E-state index < -0.39 is 0 Å². The fourth-order valence-corrected chi connectivity index (χ4v) is 3.89. The number of rotatable bonds is 6. The Morgan fingerprint density at radius 2 is 2.00 bits per heavy atom. The van der Waals surface area contributed by atoms with Gasteiger partial charge in [-0.15, -0.1) is 0 Å². The van der Waals surface area contributed by atoms with E-state index in [0.29, 0.717) is 6.54 Å². The van der Waals surface area contributed by atoms with E-state index in [1.807, 2.05) is 23.9 Å². The highest BCUT2D eigenvalue weighted by atomic mass is 32.2. The van der Waals surface area contributed by atoms with E-state index in [1.165, 1.54) is 31.5 Å². The summed E-state index contributed by atoms with van der Waals surface area (Å²) in [5, 5.41) is 3.01. The van der Waals surface area contributed by atoms with Crippen LogP contribution in [0.2, 0.25) is 0 Å². The molecule has 134 valence electrons. The number of nitrogens with zero attached hydrogens (tertiary/aromatic N) is 1. The number of piperidine rings is 1. The molecule has 24 heavy (non-hydrogen) atoms. The van der Waals surface area contributed by atoms with Crippen molar-refractivity contribution in [3.8, 4) is 0 Å². The van der Waals surface area contributed by atoms with Crippen LogP contribution in [0.4, 0.5) is 0 Å². The fourth-order valence-electron chi connectivity index (χ4n) is 3.07. The van der Waals surface area contributed by atoms with Gasteiger partial charge in [0.05, 0.1) is 0 Å². The van der Waals surface area contributed by atoms with Gasteiger partial charge in [-0.05, 0) is 43.0 Å². The lowest BCUT2D eigenvalue weighted by Gasteiger charge is -2.30. The highest BCUT2D eigenvalue weighted by molar-refractivity contribution is 8.00. The standard InChI is InChI=1S/C20H32N2OS/c1-16-6-5-12-22(14-16)15-17-7-9-18(10-8-17)19(23)21-11-13-24-20(2,3)4/h7-10,16H,5-6,11-15H2,1-4H3,(H,21,23). The number of hydrogen-bond acceptors (Lipinski definition) is 3. The quantitative estimate of drug-likeness (QED) is 0.783. The Balaban J connectivity index is 1.77. The first-order valence-electron chi connectivity index (χ1n) is 9.07. The van der Waals surface area contributed by atoms with Crippen molar-refractivity contribution in [3.05, 3.63) is 35.4 Å². The van der Waals surface area contributed by atoms with E-state index in [9.17, 15) is 4.79 Å². The van der Waals surface area contributed by atoms with Gasteiger partial charge in [0.15, 0.2) is 0 Å². The number of benzene rings is 1. The van der Waals surface area contributed by atoms with E-state index >= 15 is 0 Å². The molecule has 3 nitrogen and oxygen atoms in total. The summed E-state index contributed by atoms with van der Waals surface area (Å²) in [6.45, 7) is 13.0. The minimum atomic E-state index is 0.0302. The van der Waals surface area contributed by atoms with Gasteiger partial charge in [-0.1, -0.05) is 39.8 Å². The van der Waals surface area contributed by atoms with Crippen LogP contribution >= 0.6 is 11.8 Å². The van der Waals surface area contributed by atoms with Crippen molar-refractivity contribution in [1.82, 2.24) is 10.2 Å². The van der Waals surface area contributed by atoms with Crippen LogP contribution in [-0.2, 0) is 6.54 Å². The number of hydrogen-bond donors (Lipinski definition) is 1. The van der Waals surface area contributed by atoms with Crippen LogP contribution < -0.4 is 5.32 Å². The van der Waals surface area contributed by atoms with Gasteiger partial charge in [-0.25, -0.2) is 0 Å². The molecule has 0 aliphatic carbocycles. The first-order valence-corrected chi connectivity index (χ1v) is 10.1. The maximum Gasteiger partial charge on any atom is 0.251 e. The van der Waals surface area contributed by atoms with Crippen LogP contribution in [0.1, 0.15) is 56.5 Å². The van der Waals surface area contributed by atoms with E-state index in [-0.39, 0.29) is 10.7 Å². The largest absolute Gasteiger partial charge is 0.351 e. The maximum atomic E-state index is 12.2. The van der Waals surface area contributed by atoms with Crippen molar-refractivity contribution in [2.24, 2.45) is 5.92 Å². The lowest BCUT2D eigenvalue weighted by molar-refractivity contribution is 0.0956. The summed E-state index contributed by atoms with van der Waals surface area (Å²) in [6, 6.07) is 8.10. The number of amides is 1. The molecule has 1 amide bonds. The van der Waals surface area contributed by atoms with E-state index in [0.717, 1.165) is 23.8 Å². The number of likely N-dealkylation sites (tertiary alicyclic amines) is 1. The monoisotopic (exact) mass is 348 g/mol. The average Bonchev–Trinajstić information content (AvgIpc) is 2.51. The highest BCUT2D eigenvalue weighted by Gasteiger charge is 2.16. The SMILES string of the molecule is CC1CCCN(Cc2ccc(C(=O)NCCSC(C)(C)C)cc2)C1. The van der Waals surface area contributed by atoms with Gasteiger partial charge in [-0.3, -0.25) is 9.69 Å². The first kappa shape index (κ1) is 19.3. The molecule has 1 aliphatic heterocycles. The van der Waals surface area contributed by atoms with Crippen LogP contribution in [0.25, 0.3) is 0 Å². The zero-order valence-corrected chi connectivity index (χ0v) is 16.4. The molecule has 4 heteroatoms.